The number of likely N-dealkylation sites (tertiary alicyclic amines) is 1. The van der Waals surface area contributed by atoms with Crippen molar-refractivity contribution in [3.05, 3.63) is 84.3 Å². The number of benzene rings is 1. The molecular formula is C32H31FN8O2S. The van der Waals surface area contributed by atoms with Gasteiger partial charge in [0.25, 0.3) is 0 Å². The van der Waals surface area contributed by atoms with E-state index in [0.717, 1.165) is 70.3 Å². The van der Waals surface area contributed by atoms with Gasteiger partial charge in [-0.25, -0.2) is 17.5 Å². The largest absolute Gasteiger partial charge is 0.352 e. The van der Waals surface area contributed by atoms with E-state index in [4.69, 9.17) is 4.98 Å². The van der Waals surface area contributed by atoms with Crippen LogP contribution in [0.25, 0.3) is 55.6 Å². The first-order chi connectivity index (χ1) is 21.3. The Kier molecular flexibility index (Phi) is 7.40. The summed E-state index contributed by atoms with van der Waals surface area (Å²) in [6.07, 6.45) is 13.8. The standard InChI is InChI=1S/C32H31FN8O2S/c1-44(42,43)37-14-20-7-22(10-24(33)9-20)27-16-35-17-30-25(27)11-29(38-30)32-26-12-28(36-18-31(26)39-40-32)23-8-21(13-34-15-23)19-41-5-3-2-4-6-41/h7-13,15-18,37-38H,2-6,14,19H2,1H3,(H,39,40). The predicted molar refractivity (Wildman–Crippen MR) is 168 cm³/mol. The number of sulfonamides is 1. The molecule has 0 amide bonds. The molecule has 10 nitrogen and oxygen atoms in total. The lowest BCUT2D eigenvalue weighted by Crippen LogP contribution is -2.29. The van der Waals surface area contributed by atoms with Crippen molar-refractivity contribution in [2.45, 2.75) is 32.4 Å². The van der Waals surface area contributed by atoms with Crippen LogP contribution in [-0.4, -0.2) is 62.8 Å². The number of H-pyrrole nitrogens is 2. The molecule has 1 aromatic carbocycles. The Morgan fingerprint density at radius 3 is 2.52 bits per heavy atom. The van der Waals surface area contributed by atoms with E-state index in [1.54, 1.807) is 24.7 Å². The molecule has 6 heterocycles. The van der Waals surface area contributed by atoms with E-state index < -0.39 is 15.8 Å². The minimum absolute atomic E-state index is 0.0162. The minimum atomic E-state index is -3.43. The molecule has 5 aromatic heterocycles. The second-order valence-electron chi connectivity index (χ2n) is 11.4. The molecule has 44 heavy (non-hydrogen) atoms. The molecule has 7 rings (SSSR count). The Morgan fingerprint density at radius 1 is 0.864 bits per heavy atom. The summed E-state index contributed by atoms with van der Waals surface area (Å²) >= 11 is 0. The van der Waals surface area contributed by atoms with Crippen molar-refractivity contribution in [1.82, 2.24) is 39.8 Å². The lowest BCUT2D eigenvalue weighted by Gasteiger charge is -2.26. The van der Waals surface area contributed by atoms with Gasteiger partial charge in [0.2, 0.25) is 10.0 Å². The molecule has 6 aromatic rings. The molecule has 0 atom stereocenters. The van der Waals surface area contributed by atoms with E-state index in [1.807, 2.05) is 24.5 Å². The Hall–Kier alpha value is -4.52. The number of fused-ring (bicyclic) bond motifs is 2. The van der Waals surface area contributed by atoms with Gasteiger partial charge >= 0.3 is 0 Å². The molecule has 3 N–H and O–H groups in total. The number of pyridine rings is 3. The van der Waals surface area contributed by atoms with Crippen LogP contribution >= 0.6 is 0 Å². The third kappa shape index (κ3) is 5.96. The summed E-state index contributed by atoms with van der Waals surface area (Å²) in [7, 11) is -3.43. The van der Waals surface area contributed by atoms with Gasteiger partial charge in [-0.15, -0.1) is 0 Å². The van der Waals surface area contributed by atoms with E-state index in [2.05, 4.69) is 40.8 Å². The van der Waals surface area contributed by atoms with Gasteiger partial charge < -0.3 is 4.98 Å². The Bertz CT molecular complexity index is 2100. The number of hydrogen-bond acceptors (Lipinski definition) is 7. The summed E-state index contributed by atoms with van der Waals surface area (Å²) in [6.45, 7) is 3.11. The normalized spacial score (nSPS) is 14.5. The lowest BCUT2D eigenvalue weighted by molar-refractivity contribution is 0.220. The summed E-state index contributed by atoms with van der Waals surface area (Å²) in [4.78, 5) is 19.5. The molecule has 0 saturated carbocycles. The van der Waals surface area contributed by atoms with Crippen molar-refractivity contribution in [3.8, 4) is 33.8 Å². The maximum absolute atomic E-state index is 14.6. The van der Waals surface area contributed by atoms with Gasteiger partial charge in [-0.3, -0.25) is 25.0 Å². The quantitative estimate of drug-likeness (QED) is 0.210. The number of halogens is 1. The molecule has 1 fully saturated rings. The Balaban J connectivity index is 1.23. The molecule has 0 unspecified atom stereocenters. The minimum Gasteiger partial charge on any atom is -0.352 e. The van der Waals surface area contributed by atoms with Crippen molar-refractivity contribution in [3.63, 3.8) is 0 Å². The van der Waals surface area contributed by atoms with Crippen molar-refractivity contribution < 1.29 is 12.8 Å². The first kappa shape index (κ1) is 28.3. The number of piperidine rings is 1. The lowest BCUT2D eigenvalue weighted by atomic mass is 10.0. The molecule has 12 heteroatoms. The van der Waals surface area contributed by atoms with E-state index in [9.17, 15) is 12.8 Å². The molecular weight excluding hydrogens is 579 g/mol. The number of rotatable bonds is 8. The highest BCUT2D eigenvalue weighted by molar-refractivity contribution is 7.88. The first-order valence-corrected chi connectivity index (χ1v) is 16.4. The molecule has 0 radical (unpaired) electrons. The molecule has 0 spiro atoms. The van der Waals surface area contributed by atoms with Crippen molar-refractivity contribution in [2.75, 3.05) is 19.3 Å². The van der Waals surface area contributed by atoms with E-state index in [-0.39, 0.29) is 6.54 Å². The topological polar surface area (TPSA) is 133 Å². The van der Waals surface area contributed by atoms with Crippen LogP contribution in [0.4, 0.5) is 4.39 Å². The van der Waals surface area contributed by atoms with Gasteiger partial charge in [-0.1, -0.05) is 6.42 Å². The van der Waals surface area contributed by atoms with Crippen LogP contribution in [0.15, 0.2) is 67.4 Å². The average Bonchev–Trinajstić information content (AvgIpc) is 3.64. The molecule has 1 aliphatic heterocycles. The zero-order valence-corrected chi connectivity index (χ0v) is 25.0. The monoisotopic (exact) mass is 610 g/mol. The summed E-state index contributed by atoms with van der Waals surface area (Å²) in [5.41, 5.74) is 7.78. The number of nitrogens with one attached hydrogen (secondary N) is 3. The molecule has 1 saturated heterocycles. The van der Waals surface area contributed by atoms with Gasteiger partial charge in [0.1, 0.15) is 11.5 Å². The highest BCUT2D eigenvalue weighted by Crippen LogP contribution is 2.35. The number of aromatic nitrogens is 6. The number of nitrogens with zero attached hydrogens (tertiary/aromatic N) is 5. The van der Waals surface area contributed by atoms with Crippen LogP contribution in [0.1, 0.15) is 30.4 Å². The molecule has 0 bridgehead atoms. The summed E-state index contributed by atoms with van der Waals surface area (Å²) in [5, 5.41) is 9.43. The fourth-order valence-electron chi connectivity index (χ4n) is 5.90. The van der Waals surface area contributed by atoms with Gasteiger partial charge in [-0.05, 0) is 79.0 Å². The number of hydrogen-bond donors (Lipinski definition) is 3. The number of aromatic amines is 2. The van der Waals surface area contributed by atoms with Gasteiger partial charge in [-0.2, -0.15) is 5.10 Å². The first-order valence-electron chi connectivity index (χ1n) is 14.5. The Labute approximate surface area is 253 Å². The maximum atomic E-state index is 14.6. The van der Waals surface area contributed by atoms with Crippen LogP contribution in [0.5, 0.6) is 0 Å². The Morgan fingerprint density at radius 2 is 1.68 bits per heavy atom. The predicted octanol–water partition coefficient (Wildman–Crippen LogP) is 5.40. The third-order valence-electron chi connectivity index (χ3n) is 8.00. The van der Waals surface area contributed by atoms with Crippen molar-refractivity contribution in [2.24, 2.45) is 0 Å². The fraction of sp³-hybridized carbons (Fsp3) is 0.250. The van der Waals surface area contributed by atoms with Crippen LogP contribution in [0.3, 0.4) is 0 Å². The van der Waals surface area contributed by atoms with E-state index in [1.165, 1.54) is 37.0 Å². The van der Waals surface area contributed by atoms with Crippen LogP contribution < -0.4 is 4.72 Å². The highest BCUT2D eigenvalue weighted by Gasteiger charge is 2.17. The molecule has 224 valence electrons. The molecule has 1 aliphatic rings. The SMILES string of the molecule is CS(=O)(=O)NCc1cc(F)cc(-c2cncc3[nH]c(-c4n[nH]c5cnc(-c6cncc(CN7CCCCC7)c6)cc45)cc23)c1. The smallest absolute Gasteiger partial charge is 0.209 e. The van der Waals surface area contributed by atoms with Crippen LogP contribution in [-0.2, 0) is 23.1 Å². The highest BCUT2D eigenvalue weighted by atomic mass is 32.2. The van der Waals surface area contributed by atoms with Crippen molar-refractivity contribution >= 4 is 31.8 Å². The maximum Gasteiger partial charge on any atom is 0.209 e. The summed E-state index contributed by atoms with van der Waals surface area (Å²) in [5.74, 6) is -0.464. The zero-order valence-electron chi connectivity index (χ0n) is 24.1. The fourth-order valence-corrected chi connectivity index (χ4v) is 6.33. The van der Waals surface area contributed by atoms with E-state index in [0.29, 0.717) is 16.7 Å². The second kappa shape index (κ2) is 11.5. The van der Waals surface area contributed by atoms with Gasteiger partial charge in [0.15, 0.2) is 0 Å². The second-order valence-corrected chi connectivity index (χ2v) is 13.2. The van der Waals surface area contributed by atoms with Crippen molar-refractivity contribution in [1.29, 1.82) is 0 Å². The molecule has 0 aliphatic carbocycles. The summed E-state index contributed by atoms with van der Waals surface area (Å²) in [6, 6.07) is 10.7. The van der Waals surface area contributed by atoms with Gasteiger partial charge in [0.05, 0.1) is 41.1 Å². The summed E-state index contributed by atoms with van der Waals surface area (Å²) < 4.78 is 40.2. The van der Waals surface area contributed by atoms with Gasteiger partial charge in [0, 0.05) is 53.6 Å². The average molecular weight is 611 g/mol. The third-order valence-corrected chi connectivity index (χ3v) is 8.67. The van der Waals surface area contributed by atoms with E-state index >= 15 is 0 Å². The van der Waals surface area contributed by atoms with Crippen LogP contribution in [0, 0.1) is 5.82 Å². The van der Waals surface area contributed by atoms with Crippen LogP contribution in [0.2, 0.25) is 0 Å². The zero-order chi connectivity index (χ0) is 30.3.